The lowest BCUT2D eigenvalue weighted by atomic mass is 10.1. The number of hydrogen-bond donors (Lipinski definition) is 0. The fourth-order valence-electron chi connectivity index (χ4n) is 2.98. The monoisotopic (exact) mass is 314 g/mol. The van der Waals surface area contributed by atoms with Gasteiger partial charge in [0.15, 0.2) is 10.8 Å². The zero-order chi connectivity index (χ0) is 15.3. The number of likely N-dealkylation sites (N-methyl/N-ethyl adjacent to an activating group) is 1. The quantitative estimate of drug-likeness (QED) is 0.745. The minimum Gasteiger partial charge on any atom is -0.488 e. The fraction of sp³-hybridized carbons (Fsp3) is 0.375. The van der Waals surface area contributed by atoms with Crippen LogP contribution in [0.4, 0.5) is 5.13 Å². The lowest BCUT2D eigenvalue weighted by molar-refractivity contribution is 0.239. The summed E-state index contributed by atoms with van der Waals surface area (Å²) in [5.74, 6) is 1.02. The van der Waals surface area contributed by atoms with Crippen LogP contribution in [-0.4, -0.2) is 34.5 Å². The van der Waals surface area contributed by atoms with Crippen molar-refractivity contribution in [2.75, 3.05) is 18.5 Å². The summed E-state index contributed by atoms with van der Waals surface area (Å²) in [5.41, 5.74) is 3.30. The van der Waals surface area contributed by atoms with Crippen LogP contribution in [0.1, 0.15) is 11.3 Å². The van der Waals surface area contributed by atoms with Crippen molar-refractivity contribution in [2.45, 2.75) is 19.4 Å². The number of nitrogens with zero attached hydrogens (tertiary/aromatic N) is 4. The van der Waals surface area contributed by atoms with Gasteiger partial charge in [0.2, 0.25) is 0 Å². The summed E-state index contributed by atoms with van der Waals surface area (Å²) in [6, 6.07) is 8.27. The molecule has 0 aliphatic carbocycles. The number of fused-ring (bicyclic) bond motifs is 2. The van der Waals surface area contributed by atoms with Crippen molar-refractivity contribution < 1.29 is 4.74 Å². The first-order valence-corrected chi connectivity index (χ1v) is 8.19. The average molecular weight is 314 g/mol. The van der Waals surface area contributed by atoms with Crippen molar-refractivity contribution in [1.82, 2.24) is 14.8 Å². The third-order valence-corrected chi connectivity index (χ3v) is 5.32. The van der Waals surface area contributed by atoms with E-state index in [1.807, 2.05) is 30.8 Å². The molecule has 0 radical (unpaired) electrons. The number of benzene rings is 1. The van der Waals surface area contributed by atoms with Crippen LogP contribution in [0, 0.1) is 6.92 Å². The third kappa shape index (κ3) is 2.14. The van der Waals surface area contributed by atoms with E-state index >= 15 is 0 Å². The molecule has 0 N–H and O–H groups in total. The Hall–Kier alpha value is -2.08. The molecule has 1 atom stereocenters. The number of hydrogen-bond acceptors (Lipinski definition) is 5. The van der Waals surface area contributed by atoms with Crippen molar-refractivity contribution >= 4 is 26.8 Å². The molecule has 2 aromatic heterocycles. The van der Waals surface area contributed by atoms with Crippen molar-refractivity contribution in [2.24, 2.45) is 7.05 Å². The standard InChI is InChI=1S/C16H18N4OS/c1-10-14-15(20(3)18-10)17-16(22-14)19(2)9-12-8-11-6-4-5-7-13(11)21-12/h4-7,12H,8-9H2,1-3H3/t12-/m1/s1. The highest BCUT2D eigenvalue weighted by atomic mass is 32.1. The number of rotatable bonds is 3. The molecule has 0 amide bonds. The van der Waals surface area contributed by atoms with E-state index in [4.69, 9.17) is 9.72 Å². The topological polar surface area (TPSA) is 43.2 Å². The molecule has 0 saturated heterocycles. The van der Waals surface area contributed by atoms with Crippen molar-refractivity contribution in [3.05, 3.63) is 35.5 Å². The Kier molecular flexibility index (Phi) is 3.07. The second-order valence-corrected chi connectivity index (χ2v) is 6.77. The number of aromatic nitrogens is 3. The zero-order valence-electron chi connectivity index (χ0n) is 12.9. The van der Waals surface area contributed by atoms with Crippen LogP contribution in [0.5, 0.6) is 5.75 Å². The van der Waals surface area contributed by atoms with E-state index in [9.17, 15) is 0 Å². The summed E-state index contributed by atoms with van der Waals surface area (Å²) in [4.78, 5) is 6.89. The largest absolute Gasteiger partial charge is 0.488 e. The van der Waals surface area contributed by atoms with Crippen LogP contribution in [0.3, 0.4) is 0 Å². The second kappa shape index (κ2) is 4.98. The molecule has 5 nitrogen and oxygen atoms in total. The molecule has 0 fully saturated rings. The number of aryl methyl sites for hydroxylation is 2. The Balaban J connectivity index is 1.52. The summed E-state index contributed by atoms with van der Waals surface area (Å²) in [7, 11) is 4.02. The molecule has 6 heteroatoms. The van der Waals surface area contributed by atoms with Crippen LogP contribution in [-0.2, 0) is 13.5 Å². The van der Waals surface area contributed by atoms with Gasteiger partial charge in [0.1, 0.15) is 11.9 Å². The predicted molar refractivity (Wildman–Crippen MR) is 89.0 cm³/mol. The Labute approximate surface area is 133 Å². The second-order valence-electron chi connectivity index (χ2n) is 5.79. The molecule has 1 aromatic carbocycles. The van der Waals surface area contributed by atoms with E-state index in [1.54, 1.807) is 11.3 Å². The van der Waals surface area contributed by atoms with E-state index in [-0.39, 0.29) is 6.10 Å². The molecule has 1 aliphatic heterocycles. The summed E-state index contributed by atoms with van der Waals surface area (Å²) < 4.78 is 9.03. The molecule has 22 heavy (non-hydrogen) atoms. The van der Waals surface area contributed by atoms with Gasteiger partial charge in [-0.1, -0.05) is 29.5 Å². The van der Waals surface area contributed by atoms with Crippen LogP contribution in [0.25, 0.3) is 10.3 Å². The highest BCUT2D eigenvalue weighted by Gasteiger charge is 2.25. The molecule has 0 spiro atoms. The first kappa shape index (κ1) is 13.6. The Bertz CT molecular complexity index is 778. The van der Waals surface area contributed by atoms with Gasteiger partial charge in [-0.2, -0.15) is 5.10 Å². The van der Waals surface area contributed by atoms with Gasteiger partial charge >= 0.3 is 0 Å². The summed E-state index contributed by atoms with van der Waals surface area (Å²) >= 11 is 1.70. The van der Waals surface area contributed by atoms with E-state index in [0.717, 1.165) is 35.2 Å². The SMILES string of the molecule is Cc1nn(C)c2nc(N(C)C[C@H]3Cc4ccccc4O3)sc12. The molecule has 0 bridgehead atoms. The average Bonchev–Trinajstić information content (AvgIpc) is 3.15. The minimum atomic E-state index is 0.189. The van der Waals surface area contributed by atoms with Gasteiger partial charge in [-0.15, -0.1) is 0 Å². The molecular weight excluding hydrogens is 296 g/mol. The van der Waals surface area contributed by atoms with Crippen molar-refractivity contribution in [3.8, 4) is 5.75 Å². The molecule has 4 rings (SSSR count). The van der Waals surface area contributed by atoms with Gasteiger partial charge in [-0.3, -0.25) is 0 Å². The lowest BCUT2D eigenvalue weighted by Gasteiger charge is -2.20. The van der Waals surface area contributed by atoms with Crippen molar-refractivity contribution in [1.29, 1.82) is 0 Å². The van der Waals surface area contributed by atoms with Gasteiger partial charge in [-0.25, -0.2) is 9.67 Å². The number of anilines is 1. The Morgan fingerprint density at radius 1 is 1.41 bits per heavy atom. The highest BCUT2D eigenvalue weighted by molar-refractivity contribution is 7.22. The maximum atomic E-state index is 6.02. The van der Waals surface area contributed by atoms with Crippen LogP contribution in [0.15, 0.2) is 24.3 Å². The van der Waals surface area contributed by atoms with Crippen LogP contribution >= 0.6 is 11.3 Å². The van der Waals surface area contributed by atoms with E-state index in [1.165, 1.54) is 10.3 Å². The van der Waals surface area contributed by atoms with Crippen molar-refractivity contribution in [3.63, 3.8) is 0 Å². The van der Waals surface area contributed by atoms with E-state index < -0.39 is 0 Å². The maximum absolute atomic E-state index is 6.02. The Morgan fingerprint density at radius 2 is 2.23 bits per heavy atom. The normalized spacial score (nSPS) is 16.8. The molecule has 0 saturated carbocycles. The maximum Gasteiger partial charge on any atom is 0.187 e. The highest BCUT2D eigenvalue weighted by Crippen LogP contribution is 2.32. The predicted octanol–water partition coefficient (Wildman–Crippen LogP) is 2.78. The zero-order valence-corrected chi connectivity index (χ0v) is 13.7. The van der Waals surface area contributed by atoms with Gasteiger partial charge in [0.25, 0.3) is 0 Å². The number of para-hydroxylation sites is 1. The molecular formula is C16H18N4OS. The molecule has 1 aliphatic rings. The number of thiazole rings is 1. The van der Waals surface area contributed by atoms with Gasteiger partial charge in [0.05, 0.1) is 16.9 Å². The molecule has 3 aromatic rings. The fourth-order valence-corrected chi connectivity index (χ4v) is 3.98. The molecule has 114 valence electrons. The minimum absolute atomic E-state index is 0.189. The molecule has 0 unspecified atom stereocenters. The Morgan fingerprint density at radius 3 is 3.00 bits per heavy atom. The van der Waals surface area contributed by atoms with Gasteiger partial charge in [-0.05, 0) is 18.6 Å². The van der Waals surface area contributed by atoms with Crippen LogP contribution in [0.2, 0.25) is 0 Å². The van der Waals surface area contributed by atoms with E-state index in [0.29, 0.717) is 0 Å². The molecule has 3 heterocycles. The first-order chi connectivity index (χ1) is 10.6. The summed E-state index contributed by atoms with van der Waals surface area (Å²) in [6.45, 7) is 2.86. The van der Waals surface area contributed by atoms with Gasteiger partial charge < -0.3 is 9.64 Å². The summed E-state index contributed by atoms with van der Waals surface area (Å²) in [5, 5.41) is 5.42. The third-order valence-electron chi connectivity index (χ3n) is 4.05. The van der Waals surface area contributed by atoms with E-state index in [2.05, 4.69) is 29.2 Å². The lowest BCUT2D eigenvalue weighted by Crippen LogP contribution is -2.31. The first-order valence-electron chi connectivity index (χ1n) is 7.37. The van der Waals surface area contributed by atoms with Crippen LogP contribution < -0.4 is 9.64 Å². The van der Waals surface area contributed by atoms with Gasteiger partial charge in [0, 0.05) is 20.5 Å². The summed E-state index contributed by atoms with van der Waals surface area (Å²) in [6.07, 6.45) is 1.15. The smallest absolute Gasteiger partial charge is 0.187 e. The number of ether oxygens (including phenoxy) is 1.